The van der Waals surface area contributed by atoms with Crippen LogP contribution in [0.4, 0.5) is 0 Å². The Kier molecular flexibility index (Phi) is 3.98. The highest BCUT2D eigenvalue weighted by Crippen LogP contribution is 2.30. The lowest BCUT2D eigenvalue weighted by atomic mass is 10.1. The lowest BCUT2D eigenvalue weighted by Gasteiger charge is -2.02. The molecule has 0 bridgehead atoms. The Morgan fingerprint density at radius 1 is 1.14 bits per heavy atom. The van der Waals surface area contributed by atoms with E-state index in [1.54, 1.807) is 24.7 Å². The summed E-state index contributed by atoms with van der Waals surface area (Å²) in [5.74, 6) is 0. The molecule has 0 spiro atoms. The minimum atomic E-state index is -0.395. The van der Waals surface area contributed by atoms with E-state index in [1.807, 2.05) is 49.4 Å². The van der Waals surface area contributed by atoms with Crippen LogP contribution in [0.15, 0.2) is 81.6 Å². The van der Waals surface area contributed by atoms with E-state index < -0.39 is 5.56 Å². The number of benzene rings is 1. The molecule has 0 N–H and O–H groups in total. The van der Waals surface area contributed by atoms with Gasteiger partial charge in [-0.15, -0.1) is 0 Å². The third-order valence-corrected chi connectivity index (χ3v) is 4.62. The highest BCUT2D eigenvalue weighted by Gasteiger charge is 2.17. The fourth-order valence-corrected chi connectivity index (χ4v) is 3.22. The predicted molar refractivity (Wildman–Crippen MR) is 111 cm³/mol. The van der Waals surface area contributed by atoms with Gasteiger partial charge in [-0.05, 0) is 24.6 Å². The van der Waals surface area contributed by atoms with Crippen LogP contribution in [0.2, 0.25) is 0 Å². The first kappa shape index (κ1) is 17.0. The molecular weight excluding hydrogens is 366 g/mol. The van der Waals surface area contributed by atoms with E-state index in [0.29, 0.717) is 11.2 Å². The van der Waals surface area contributed by atoms with Gasteiger partial charge in [0.15, 0.2) is 0 Å². The van der Waals surface area contributed by atoms with Crippen LogP contribution in [0.5, 0.6) is 0 Å². The summed E-state index contributed by atoms with van der Waals surface area (Å²) in [7, 11) is 0. The Bertz CT molecular complexity index is 1420. The standard InChI is InChI=1S/C22H15N5O2/c1-14-10-17(16-7-3-2-4-8-16)26-21-18(14)19-20(29-21)22(28)27(13-24-19)25-12-15-6-5-9-23-11-15/h2-13H,1H3/b25-12+. The van der Waals surface area contributed by atoms with Gasteiger partial charge in [-0.25, -0.2) is 9.97 Å². The first-order valence-corrected chi connectivity index (χ1v) is 9.02. The number of hydrogen-bond acceptors (Lipinski definition) is 6. The lowest BCUT2D eigenvalue weighted by molar-refractivity contribution is 0.637. The SMILES string of the molecule is Cc1cc(-c2ccccc2)nc2oc3c(=O)n(/N=C/c4cccnc4)cnc3c12. The van der Waals surface area contributed by atoms with Crippen molar-refractivity contribution in [3.63, 3.8) is 0 Å². The minimum absolute atomic E-state index is 0.131. The van der Waals surface area contributed by atoms with Crippen LogP contribution in [-0.2, 0) is 0 Å². The van der Waals surface area contributed by atoms with Crippen LogP contribution in [0.3, 0.4) is 0 Å². The average molecular weight is 381 g/mol. The number of pyridine rings is 2. The van der Waals surface area contributed by atoms with Crippen LogP contribution in [0.25, 0.3) is 33.5 Å². The van der Waals surface area contributed by atoms with Gasteiger partial charge in [0.2, 0.25) is 11.3 Å². The number of furan rings is 1. The fourth-order valence-electron chi connectivity index (χ4n) is 3.22. The molecule has 0 aliphatic carbocycles. The number of nitrogens with zero attached hydrogens (tertiary/aromatic N) is 5. The quantitative estimate of drug-likeness (QED) is 0.444. The van der Waals surface area contributed by atoms with Crippen LogP contribution >= 0.6 is 0 Å². The number of fused-ring (bicyclic) bond motifs is 3. The molecule has 1 aromatic carbocycles. The molecule has 140 valence electrons. The maximum Gasteiger partial charge on any atom is 0.317 e. The number of hydrogen-bond donors (Lipinski definition) is 0. The largest absolute Gasteiger partial charge is 0.430 e. The van der Waals surface area contributed by atoms with Gasteiger partial charge in [-0.3, -0.25) is 9.78 Å². The van der Waals surface area contributed by atoms with Crippen molar-refractivity contribution in [1.82, 2.24) is 19.6 Å². The smallest absolute Gasteiger partial charge is 0.317 e. The molecule has 5 aromatic rings. The third-order valence-electron chi connectivity index (χ3n) is 4.62. The van der Waals surface area contributed by atoms with Gasteiger partial charge in [-0.2, -0.15) is 9.78 Å². The molecule has 4 aromatic heterocycles. The van der Waals surface area contributed by atoms with Crippen LogP contribution in [0, 0.1) is 6.92 Å². The molecule has 7 nitrogen and oxygen atoms in total. The molecule has 0 atom stereocenters. The second-order valence-electron chi connectivity index (χ2n) is 6.58. The molecule has 5 rings (SSSR count). The second kappa shape index (κ2) is 6.79. The zero-order chi connectivity index (χ0) is 19.8. The number of aromatic nitrogens is 4. The maximum absolute atomic E-state index is 12.9. The molecule has 0 amide bonds. The Balaban J connectivity index is 1.66. The minimum Gasteiger partial charge on any atom is -0.430 e. The summed E-state index contributed by atoms with van der Waals surface area (Å²) >= 11 is 0. The van der Waals surface area contributed by atoms with Gasteiger partial charge < -0.3 is 4.42 Å². The average Bonchev–Trinajstić information content (AvgIpc) is 3.15. The summed E-state index contributed by atoms with van der Waals surface area (Å²) in [6.45, 7) is 1.96. The zero-order valence-electron chi connectivity index (χ0n) is 15.5. The summed E-state index contributed by atoms with van der Waals surface area (Å²) in [6.07, 6.45) is 6.25. The molecule has 29 heavy (non-hydrogen) atoms. The molecule has 0 aliphatic heterocycles. The maximum atomic E-state index is 12.9. The first-order chi connectivity index (χ1) is 14.2. The summed E-state index contributed by atoms with van der Waals surface area (Å²) in [5, 5.41) is 4.92. The van der Waals surface area contributed by atoms with E-state index in [4.69, 9.17) is 4.42 Å². The van der Waals surface area contributed by atoms with Gasteiger partial charge in [-0.1, -0.05) is 36.4 Å². The number of rotatable bonds is 3. The molecule has 0 saturated carbocycles. The molecule has 0 aliphatic rings. The van der Waals surface area contributed by atoms with Crippen LogP contribution in [0.1, 0.15) is 11.1 Å². The molecule has 0 saturated heterocycles. The van der Waals surface area contributed by atoms with Crippen molar-refractivity contribution < 1.29 is 4.42 Å². The highest BCUT2D eigenvalue weighted by atomic mass is 16.3. The van der Waals surface area contributed by atoms with Gasteiger partial charge in [0.1, 0.15) is 11.8 Å². The summed E-state index contributed by atoms with van der Waals surface area (Å²) < 4.78 is 6.97. The highest BCUT2D eigenvalue weighted by molar-refractivity contribution is 6.03. The monoisotopic (exact) mass is 381 g/mol. The molecule has 0 fully saturated rings. The van der Waals surface area contributed by atoms with Gasteiger partial charge in [0.25, 0.3) is 0 Å². The van der Waals surface area contributed by atoms with Crippen molar-refractivity contribution in [3.8, 4) is 11.3 Å². The van der Waals surface area contributed by atoms with E-state index in [1.165, 1.54) is 6.33 Å². The van der Waals surface area contributed by atoms with E-state index in [2.05, 4.69) is 20.1 Å². The van der Waals surface area contributed by atoms with Crippen molar-refractivity contribution in [1.29, 1.82) is 0 Å². The molecule has 0 unspecified atom stereocenters. The Labute approximate surface area is 165 Å². The van der Waals surface area contributed by atoms with Crippen molar-refractivity contribution in [2.24, 2.45) is 5.10 Å². The Morgan fingerprint density at radius 3 is 2.79 bits per heavy atom. The van der Waals surface area contributed by atoms with Crippen molar-refractivity contribution in [3.05, 3.63) is 88.7 Å². The molecule has 0 radical (unpaired) electrons. The molecule has 4 heterocycles. The topological polar surface area (TPSA) is 86.2 Å². The Morgan fingerprint density at radius 2 is 2.00 bits per heavy atom. The molecule has 7 heteroatoms. The van der Waals surface area contributed by atoms with Crippen molar-refractivity contribution in [2.45, 2.75) is 6.92 Å². The van der Waals surface area contributed by atoms with Gasteiger partial charge in [0.05, 0.1) is 17.3 Å². The zero-order valence-corrected chi connectivity index (χ0v) is 15.5. The number of aryl methyl sites for hydroxylation is 1. The predicted octanol–water partition coefficient (Wildman–Crippen LogP) is 3.79. The van der Waals surface area contributed by atoms with Crippen molar-refractivity contribution in [2.75, 3.05) is 0 Å². The van der Waals surface area contributed by atoms with Crippen molar-refractivity contribution >= 4 is 28.4 Å². The molecular formula is C22H15N5O2. The summed E-state index contributed by atoms with van der Waals surface area (Å²) in [5.41, 5.74) is 4.08. The fraction of sp³-hybridized carbons (Fsp3) is 0.0455. The lowest BCUT2D eigenvalue weighted by Crippen LogP contribution is -2.16. The summed E-state index contributed by atoms with van der Waals surface area (Å²) in [6, 6.07) is 15.4. The van der Waals surface area contributed by atoms with Gasteiger partial charge >= 0.3 is 5.56 Å². The van der Waals surface area contributed by atoms with E-state index in [9.17, 15) is 4.79 Å². The Hall–Kier alpha value is -4.13. The van der Waals surface area contributed by atoms with Crippen LogP contribution < -0.4 is 5.56 Å². The normalized spacial score (nSPS) is 11.6. The third kappa shape index (κ3) is 2.98. The van der Waals surface area contributed by atoms with E-state index in [-0.39, 0.29) is 5.58 Å². The van der Waals surface area contributed by atoms with Gasteiger partial charge in [0, 0.05) is 23.5 Å². The first-order valence-electron chi connectivity index (χ1n) is 9.02. The second-order valence-corrected chi connectivity index (χ2v) is 6.58. The van der Waals surface area contributed by atoms with E-state index in [0.717, 1.165) is 32.4 Å². The van der Waals surface area contributed by atoms with Crippen LogP contribution in [-0.4, -0.2) is 25.8 Å². The summed E-state index contributed by atoms with van der Waals surface area (Å²) in [4.78, 5) is 25.9. The van der Waals surface area contributed by atoms with E-state index >= 15 is 0 Å².